The number of halogens is 2. The van der Waals surface area contributed by atoms with Crippen molar-refractivity contribution in [3.8, 4) is 0 Å². The Morgan fingerprint density at radius 1 is 1.24 bits per heavy atom. The lowest BCUT2D eigenvalue weighted by Gasteiger charge is -2.23. The number of carboxylic acids is 1. The summed E-state index contributed by atoms with van der Waals surface area (Å²) < 4.78 is 0. The number of carboxylic acid groups (broad SMARTS) is 1. The van der Waals surface area contributed by atoms with Crippen LogP contribution in [-0.4, -0.2) is 47.7 Å². The summed E-state index contributed by atoms with van der Waals surface area (Å²) >= 11 is 13.1. The molecule has 0 unspecified atom stereocenters. The SMILES string of the molecule is N[C@H](CSCc1ccc(N(CCCl)CCCl)cc1)C(=O)O. The number of aliphatic carboxylic acids is 1. The van der Waals surface area contributed by atoms with E-state index >= 15 is 0 Å². The van der Waals surface area contributed by atoms with Crippen LogP contribution in [-0.2, 0) is 10.5 Å². The molecule has 0 saturated heterocycles. The average Bonchev–Trinajstić information content (AvgIpc) is 2.47. The number of nitrogens with two attached hydrogens (primary N) is 1. The van der Waals surface area contributed by atoms with Crippen LogP contribution >= 0.6 is 35.0 Å². The molecule has 1 atom stereocenters. The second-order valence-corrected chi connectivity index (χ2v) is 6.28. The molecule has 0 saturated carbocycles. The summed E-state index contributed by atoms with van der Waals surface area (Å²) in [6.07, 6.45) is 0. The first-order valence-electron chi connectivity index (χ1n) is 6.60. The normalized spacial score (nSPS) is 12.1. The van der Waals surface area contributed by atoms with Gasteiger partial charge in [0.1, 0.15) is 6.04 Å². The molecule has 21 heavy (non-hydrogen) atoms. The molecule has 0 aromatic heterocycles. The van der Waals surface area contributed by atoms with Crippen molar-refractivity contribution < 1.29 is 9.90 Å². The van der Waals surface area contributed by atoms with Crippen LogP contribution in [0.5, 0.6) is 0 Å². The molecule has 118 valence electrons. The van der Waals surface area contributed by atoms with E-state index in [-0.39, 0.29) is 0 Å². The van der Waals surface area contributed by atoms with Gasteiger partial charge in [-0.15, -0.1) is 23.2 Å². The van der Waals surface area contributed by atoms with E-state index in [1.54, 1.807) is 0 Å². The third-order valence-corrected chi connectivity index (χ3v) is 4.36. The first-order valence-corrected chi connectivity index (χ1v) is 8.82. The summed E-state index contributed by atoms with van der Waals surface area (Å²) in [7, 11) is 0. The van der Waals surface area contributed by atoms with Gasteiger partial charge in [0.15, 0.2) is 0 Å². The Balaban J connectivity index is 2.51. The molecule has 4 nitrogen and oxygen atoms in total. The maximum atomic E-state index is 10.6. The Morgan fingerprint density at radius 3 is 2.29 bits per heavy atom. The molecular formula is C14H20Cl2N2O2S. The minimum Gasteiger partial charge on any atom is -0.480 e. The Kier molecular flexibility index (Phi) is 8.92. The zero-order chi connectivity index (χ0) is 15.7. The van der Waals surface area contributed by atoms with E-state index in [0.29, 0.717) is 17.5 Å². The molecule has 0 radical (unpaired) electrons. The zero-order valence-corrected chi connectivity index (χ0v) is 14.0. The maximum absolute atomic E-state index is 10.6. The molecular weight excluding hydrogens is 331 g/mol. The molecule has 0 amide bonds. The number of carbonyl (C=O) groups is 1. The van der Waals surface area contributed by atoms with E-state index in [0.717, 1.165) is 30.1 Å². The van der Waals surface area contributed by atoms with Gasteiger partial charge in [0, 0.05) is 42.0 Å². The average molecular weight is 351 g/mol. The summed E-state index contributed by atoms with van der Waals surface area (Å²) in [6.45, 7) is 1.52. The summed E-state index contributed by atoms with van der Waals surface area (Å²) in [4.78, 5) is 12.8. The quantitative estimate of drug-likeness (QED) is 0.635. The molecule has 0 aliphatic carbocycles. The summed E-state index contributed by atoms with van der Waals surface area (Å²) in [6, 6.07) is 7.32. The van der Waals surface area contributed by atoms with Crippen molar-refractivity contribution in [2.24, 2.45) is 5.73 Å². The third-order valence-electron chi connectivity index (χ3n) is 2.89. The highest BCUT2D eigenvalue weighted by molar-refractivity contribution is 7.98. The fourth-order valence-corrected chi connectivity index (χ4v) is 3.10. The molecule has 0 aliphatic heterocycles. The van der Waals surface area contributed by atoms with Gasteiger partial charge in [-0.05, 0) is 17.7 Å². The fraction of sp³-hybridized carbons (Fsp3) is 0.500. The van der Waals surface area contributed by atoms with E-state index in [1.165, 1.54) is 11.8 Å². The first kappa shape index (κ1) is 18.4. The van der Waals surface area contributed by atoms with Crippen molar-refractivity contribution in [2.75, 3.05) is 35.5 Å². The van der Waals surface area contributed by atoms with Gasteiger partial charge in [-0.25, -0.2) is 0 Å². The number of benzene rings is 1. The van der Waals surface area contributed by atoms with Crippen molar-refractivity contribution in [1.82, 2.24) is 0 Å². The van der Waals surface area contributed by atoms with E-state index in [1.807, 2.05) is 24.3 Å². The Morgan fingerprint density at radius 2 is 1.81 bits per heavy atom. The van der Waals surface area contributed by atoms with Gasteiger partial charge in [0.2, 0.25) is 0 Å². The number of alkyl halides is 2. The molecule has 0 bridgehead atoms. The second kappa shape index (κ2) is 10.2. The lowest BCUT2D eigenvalue weighted by molar-refractivity contribution is -0.137. The van der Waals surface area contributed by atoms with Crippen LogP contribution in [0.4, 0.5) is 5.69 Å². The highest BCUT2D eigenvalue weighted by Gasteiger charge is 2.11. The topological polar surface area (TPSA) is 66.6 Å². The van der Waals surface area contributed by atoms with Crippen LogP contribution in [0.25, 0.3) is 0 Å². The summed E-state index contributed by atoms with van der Waals surface area (Å²) in [5, 5.41) is 8.71. The number of nitrogens with zero attached hydrogens (tertiary/aromatic N) is 1. The van der Waals surface area contributed by atoms with Gasteiger partial charge in [0.05, 0.1) is 0 Å². The van der Waals surface area contributed by atoms with Crippen molar-refractivity contribution in [2.45, 2.75) is 11.8 Å². The predicted molar refractivity (Wildman–Crippen MR) is 91.9 cm³/mol. The molecule has 0 heterocycles. The van der Waals surface area contributed by atoms with Gasteiger partial charge in [-0.1, -0.05) is 12.1 Å². The standard InChI is InChI=1S/C14H20Cl2N2O2S/c15-5-7-18(8-6-16)12-3-1-11(2-4-12)9-21-10-13(17)14(19)20/h1-4,13H,5-10,17H2,(H,19,20)/t13-/m1/s1. The zero-order valence-electron chi connectivity index (χ0n) is 11.7. The molecule has 3 N–H and O–H groups in total. The molecule has 0 aliphatic rings. The van der Waals surface area contributed by atoms with Crippen molar-refractivity contribution in [3.63, 3.8) is 0 Å². The van der Waals surface area contributed by atoms with Gasteiger partial charge in [-0.2, -0.15) is 11.8 Å². The highest BCUT2D eigenvalue weighted by Crippen LogP contribution is 2.19. The Hall–Kier alpha value is -0.620. The lowest BCUT2D eigenvalue weighted by atomic mass is 10.2. The molecule has 0 spiro atoms. The lowest BCUT2D eigenvalue weighted by Crippen LogP contribution is -2.32. The third kappa shape index (κ3) is 6.78. The summed E-state index contributed by atoms with van der Waals surface area (Å²) in [5.74, 6) is 1.30. The molecule has 1 aromatic rings. The first-order chi connectivity index (χ1) is 10.1. The number of hydrogen-bond donors (Lipinski definition) is 2. The Bertz CT molecular complexity index is 425. The van der Waals surface area contributed by atoms with Crippen molar-refractivity contribution in [1.29, 1.82) is 0 Å². The van der Waals surface area contributed by atoms with Crippen LogP contribution < -0.4 is 10.6 Å². The largest absolute Gasteiger partial charge is 0.480 e. The van der Waals surface area contributed by atoms with Crippen molar-refractivity contribution >= 4 is 46.6 Å². The van der Waals surface area contributed by atoms with Gasteiger partial charge in [-0.3, -0.25) is 4.79 Å². The number of thioether (sulfide) groups is 1. The Labute approximate surface area is 139 Å². The smallest absolute Gasteiger partial charge is 0.321 e. The second-order valence-electron chi connectivity index (χ2n) is 4.49. The monoisotopic (exact) mass is 350 g/mol. The minimum absolute atomic E-state index is 0.404. The minimum atomic E-state index is -0.962. The van der Waals surface area contributed by atoms with Gasteiger partial charge < -0.3 is 15.7 Å². The number of rotatable bonds is 10. The van der Waals surface area contributed by atoms with Crippen LogP contribution in [0.2, 0.25) is 0 Å². The molecule has 1 aromatic carbocycles. The van der Waals surface area contributed by atoms with Gasteiger partial charge >= 0.3 is 5.97 Å². The molecule has 7 heteroatoms. The van der Waals surface area contributed by atoms with E-state index in [9.17, 15) is 4.79 Å². The predicted octanol–water partition coefficient (Wildman–Crippen LogP) is 2.62. The summed E-state index contributed by atoms with van der Waals surface area (Å²) in [5.41, 5.74) is 7.69. The van der Waals surface area contributed by atoms with Crippen molar-refractivity contribution in [3.05, 3.63) is 29.8 Å². The van der Waals surface area contributed by atoms with Crippen LogP contribution in [0.1, 0.15) is 5.56 Å². The number of hydrogen-bond acceptors (Lipinski definition) is 4. The maximum Gasteiger partial charge on any atom is 0.321 e. The van der Waals surface area contributed by atoms with Crippen LogP contribution in [0.15, 0.2) is 24.3 Å². The van der Waals surface area contributed by atoms with E-state index in [2.05, 4.69) is 4.90 Å². The number of anilines is 1. The van der Waals surface area contributed by atoms with E-state index in [4.69, 9.17) is 34.0 Å². The fourth-order valence-electron chi connectivity index (χ4n) is 1.75. The highest BCUT2D eigenvalue weighted by atomic mass is 35.5. The van der Waals surface area contributed by atoms with Crippen LogP contribution in [0, 0.1) is 0 Å². The molecule has 0 fully saturated rings. The molecule has 1 rings (SSSR count). The van der Waals surface area contributed by atoms with Crippen LogP contribution in [0.3, 0.4) is 0 Å². The van der Waals surface area contributed by atoms with E-state index < -0.39 is 12.0 Å². The van der Waals surface area contributed by atoms with Gasteiger partial charge in [0.25, 0.3) is 0 Å².